The number of hydrogen-bond donors (Lipinski definition) is 0. The van der Waals surface area contributed by atoms with Crippen LogP contribution in [0.25, 0.3) is 0 Å². The van der Waals surface area contributed by atoms with Crippen LogP contribution in [-0.4, -0.2) is 0 Å². The average Bonchev–Trinajstić information content (AvgIpc) is 2.08. The van der Waals surface area contributed by atoms with Crippen LogP contribution in [0.2, 0.25) is 0 Å². The van der Waals surface area contributed by atoms with Gasteiger partial charge in [0.05, 0.1) is 9.85 Å². The van der Waals surface area contributed by atoms with E-state index in [4.69, 9.17) is 11.6 Å². The molecule has 0 bridgehead atoms. The zero-order chi connectivity index (χ0) is 11.0. The maximum absolute atomic E-state index is 13.5. The zero-order valence-corrected chi connectivity index (χ0v) is 10.3. The summed E-state index contributed by atoms with van der Waals surface area (Å²) in [6, 6.07) is 2.33. The summed E-state index contributed by atoms with van der Waals surface area (Å²) >= 11 is 9.05. The summed E-state index contributed by atoms with van der Waals surface area (Å²) in [6.07, 6.45) is 3.14. The fourth-order valence-corrected chi connectivity index (χ4v) is 2.47. The Kier molecular flexibility index (Phi) is 3.31. The Bertz CT molecular complexity index is 377. The molecule has 0 amide bonds. The first-order valence-corrected chi connectivity index (χ1v) is 6.11. The van der Waals surface area contributed by atoms with Gasteiger partial charge in [-0.2, -0.15) is 0 Å². The van der Waals surface area contributed by atoms with Gasteiger partial charge in [-0.05, 0) is 46.8 Å². The van der Waals surface area contributed by atoms with Gasteiger partial charge in [-0.25, -0.2) is 8.78 Å². The molecule has 0 N–H and O–H groups in total. The smallest absolute Gasteiger partial charge is 0.137 e. The molecule has 0 nitrogen and oxygen atoms in total. The van der Waals surface area contributed by atoms with Crippen molar-refractivity contribution in [2.24, 2.45) is 5.92 Å². The summed E-state index contributed by atoms with van der Waals surface area (Å²) < 4.78 is 26.9. The molecule has 0 radical (unpaired) electrons. The fraction of sp³-hybridized carbons (Fsp3) is 0.455. The van der Waals surface area contributed by atoms with Crippen molar-refractivity contribution in [3.8, 4) is 0 Å². The van der Waals surface area contributed by atoms with E-state index < -0.39 is 17.0 Å². The van der Waals surface area contributed by atoms with Crippen LogP contribution in [0.3, 0.4) is 0 Å². The van der Waals surface area contributed by atoms with Gasteiger partial charge in [0.25, 0.3) is 0 Å². The van der Waals surface area contributed by atoms with E-state index in [0.29, 0.717) is 5.92 Å². The van der Waals surface area contributed by atoms with Crippen molar-refractivity contribution in [3.63, 3.8) is 0 Å². The highest BCUT2D eigenvalue weighted by atomic mass is 79.9. The molecule has 0 spiro atoms. The number of rotatable bonds is 2. The number of alkyl halides is 1. The largest absolute Gasteiger partial charge is 0.207 e. The molecule has 4 heteroatoms. The first-order valence-electron chi connectivity index (χ1n) is 4.88. The second-order valence-corrected chi connectivity index (χ2v) is 5.21. The highest BCUT2D eigenvalue weighted by molar-refractivity contribution is 9.10. The summed E-state index contributed by atoms with van der Waals surface area (Å²) in [4.78, 5) is 0. The van der Waals surface area contributed by atoms with Crippen molar-refractivity contribution in [1.29, 1.82) is 0 Å². The lowest BCUT2D eigenvalue weighted by Crippen LogP contribution is -2.17. The lowest BCUT2D eigenvalue weighted by Gasteiger charge is -2.30. The Morgan fingerprint density at radius 2 is 1.93 bits per heavy atom. The Labute approximate surface area is 101 Å². The van der Waals surface area contributed by atoms with E-state index >= 15 is 0 Å². The summed E-state index contributed by atoms with van der Waals surface area (Å²) in [5.41, 5.74) is 0.280. The third-order valence-corrected chi connectivity index (χ3v) is 4.10. The molecule has 0 aliphatic heterocycles. The maximum atomic E-state index is 13.5. The lowest BCUT2D eigenvalue weighted by atomic mass is 9.80. The van der Waals surface area contributed by atoms with Crippen molar-refractivity contribution in [2.75, 3.05) is 0 Å². The van der Waals surface area contributed by atoms with Gasteiger partial charge in [-0.1, -0.05) is 6.42 Å². The molecule has 82 valence electrons. The van der Waals surface area contributed by atoms with Crippen molar-refractivity contribution in [2.45, 2.75) is 24.6 Å². The van der Waals surface area contributed by atoms with Gasteiger partial charge in [0.1, 0.15) is 11.6 Å². The van der Waals surface area contributed by atoms with Gasteiger partial charge in [0.2, 0.25) is 0 Å². The molecule has 1 unspecified atom stereocenters. The number of benzene rings is 1. The van der Waals surface area contributed by atoms with Crippen LogP contribution >= 0.6 is 27.5 Å². The van der Waals surface area contributed by atoms with Crippen molar-refractivity contribution in [3.05, 3.63) is 33.8 Å². The van der Waals surface area contributed by atoms with E-state index in [2.05, 4.69) is 15.9 Å². The molecule has 15 heavy (non-hydrogen) atoms. The predicted octanol–water partition coefficient (Wildman–Crippen LogP) is 4.81. The quantitative estimate of drug-likeness (QED) is 0.543. The Morgan fingerprint density at radius 3 is 2.47 bits per heavy atom. The molecule has 1 aliphatic carbocycles. The van der Waals surface area contributed by atoms with Crippen molar-refractivity contribution < 1.29 is 8.78 Å². The lowest BCUT2D eigenvalue weighted by molar-refractivity contribution is 0.301. The van der Waals surface area contributed by atoms with E-state index in [1.165, 1.54) is 6.07 Å². The molecular weight excluding hydrogens is 285 g/mol. The minimum absolute atomic E-state index is 0.140. The first kappa shape index (κ1) is 11.3. The number of halogens is 4. The van der Waals surface area contributed by atoms with Crippen LogP contribution in [0.4, 0.5) is 8.78 Å². The fourth-order valence-electron chi connectivity index (χ4n) is 1.74. The summed E-state index contributed by atoms with van der Waals surface area (Å²) in [5.74, 6) is -0.603. The molecule has 2 rings (SSSR count). The molecule has 1 saturated carbocycles. The Morgan fingerprint density at radius 1 is 1.27 bits per heavy atom. The Balaban J connectivity index is 2.30. The van der Waals surface area contributed by atoms with E-state index in [1.807, 2.05) is 0 Å². The highest BCUT2D eigenvalue weighted by Crippen LogP contribution is 2.43. The normalized spacial score (nSPS) is 18.7. The molecule has 1 aromatic rings. The summed E-state index contributed by atoms with van der Waals surface area (Å²) in [7, 11) is 0. The second-order valence-electron chi connectivity index (χ2n) is 3.88. The molecule has 1 fully saturated rings. The van der Waals surface area contributed by atoms with Crippen LogP contribution in [0.15, 0.2) is 16.6 Å². The third-order valence-electron chi connectivity index (χ3n) is 2.90. The Hall–Kier alpha value is -0.150. The van der Waals surface area contributed by atoms with E-state index in [0.717, 1.165) is 25.3 Å². The maximum Gasteiger partial charge on any atom is 0.137 e. The second kappa shape index (κ2) is 4.38. The molecular formula is C11H10BrClF2. The third kappa shape index (κ3) is 2.18. The van der Waals surface area contributed by atoms with E-state index in [9.17, 15) is 8.78 Å². The predicted molar refractivity (Wildman–Crippen MR) is 60.0 cm³/mol. The van der Waals surface area contributed by atoms with E-state index in [-0.39, 0.29) is 10.0 Å². The van der Waals surface area contributed by atoms with Gasteiger partial charge < -0.3 is 0 Å². The van der Waals surface area contributed by atoms with Crippen LogP contribution in [-0.2, 0) is 0 Å². The molecule has 0 aromatic heterocycles. The van der Waals surface area contributed by atoms with Crippen LogP contribution < -0.4 is 0 Å². The summed E-state index contributed by atoms with van der Waals surface area (Å²) in [6.45, 7) is 0. The minimum atomic E-state index is -0.462. The average molecular weight is 296 g/mol. The molecule has 0 heterocycles. The topological polar surface area (TPSA) is 0 Å². The van der Waals surface area contributed by atoms with Gasteiger partial charge in [-0.15, -0.1) is 11.6 Å². The van der Waals surface area contributed by atoms with Gasteiger partial charge in [-0.3, -0.25) is 0 Å². The summed E-state index contributed by atoms with van der Waals surface area (Å²) in [5, 5.41) is -0.402. The highest BCUT2D eigenvalue weighted by Gasteiger charge is 2.29. The first-order chi connectivity index (χ1) is 7.09. The minimum Gasteiger partial charge on any atom is -0.207 e. The number of hydrogen-bond acceptors (Lipinski definition) is 0. The molecule has 0 saturated heterocycles. The van der Waals surface area contributed by atoms with Crippen molar-refractivity contribution in [1.82, 2.24) is 0 Å². The zero-order valence-electron chi connectivity index (χ0n) is 7.94. The van der Waals surface area contributed by atoms with Crippen molar-refractivity contribution >= 4 is 27.5 Å². The van der Waals surface area contributed by atoms with Gasteiger partial charge in [0.15, 0.2) is 0 Å². The molecule has 1 atom stereocenters. The van der Waals surface area contributed by atoms with Crippen LogP contribution in [0.5, 0.6) is 0 Å². The van der Waals surface area contributed by atoms with E-state index in [1.54, 1.807) is 0 Å². The van der Waals surface area contributed by atoms with Gasteiger partial charge >= 0.3 is 0 Å². The van der Waals surface area contributed by atoms with Gasteiger partial charge in [0, 0.05) is 5.56 Å². The molecule has 1 aromatic carbocycles. The monoisotopic (exact) mass is 294 g/mol. The van der Waals surface area contributed by atoms with Crippen LogP contribution in [0.1, 0.15) is 30.2 Å². The van der Waals surface area contributed by atoms with Crippen LogP contribution in [0, 0.1) is 17.6 Å². The molecule has 1 aliphatic rings. The SMILES string of the molecule is Fc1cc(C(Cl)C2CCC2)c(F)cc1Br. The standard InChI is InChI=1S/C11H10BrClF2/c12-8-5-9(14)7(4-10(8)15)11(13)6-2-1-3-6/h4-6,11H,1-3H2.